The van der Waals surface area contributed by atoms with Crippen LogP contribution < -0.4 is 14.8 Å². The third kappa shape index (κ3) is 5.51. The van der Waals surface area contributed by atoms with E-state index in [2.05, 4.69) is 31.3 Å². The fourth-order valence-corrected chi connectivity index (χ4v) is 2.67. The Morgan fingerprint density at radius 2 is 1.77 bits per heavy atom. The fourth-order valence-electron chi connectivity index (χ4n) is 2.67. The van der Waals surface area contributed by atoms with Gasteiger partial charge in [-0.05, 0) is 61.6 Å². The average molecular weight is 355 g/mol. The first-order valence-electron chi connectivity index (χ1n) is 9.17. The number of aryl methyl sites for hydroxylation is 1. The molecule has 0 saturated carbocycles. The van der Waals surface area contributed by atoms with Crippen LogP contribution in [0.25, 0.3) is 0 Å². The van der Waals surface area contributed by atoms with Crippen LogP contribution in [0.5, 0.6) is 11.5 Å². The second-order valence-corrected chi connectivity index (χ2v) is 6.75. The van der Waals surface area contributed by atoms with Gasteiger partial charge in [-0.25, -0.2) is 0 Å². The van der Waals surface area contributed by atoms with Gasteiger partial charge in [0, 0.05) is 6.54 Å². The van der Waals surface area contributed by atoms with Gasteiger partial charge in [0.1, 0.15) is 11.5 Å². The summed E-state index contributed by atoms with van der Waals surface area (Å²) in [6.07, 6.45) is -0.558. The molecule has 0 aliphatic carbocycles. The van der Waals surface area contributed by atoms with E-state index in [1.165, 1.54) is 0 Å². The number of carbonyl (C=O) groups is 1. The van der Waals surface area contributed by atoms with Gasteiger partial charge in [0.15, 0.2) is 6.10 Å². The molecule has 0 radical (unpaired) electrons. The topological polar surface area (TPSA) is 47.6 Å². The molecule has 0 aromatic heterocycles. The van der Waals surface area contributed by atoms with E-state index in [9.17, 15) is 4.79 Å². The first-order chi connectivity index (χ1) is 12.4. The lowest BCUT2D eigenvalue weighted by molar-refractivity contribution is -0.127. The minimum absolute atomic E-state index is 0.130. The van der Waals surface area contributed by atoms with Crippen LogP contribution in [0.1, 0.15) is 50.3 Å². The summed E-state index contributed by atoms with van der Waals surface area (Å²) in [5.41, 5.74) is 3.25. The Kier molecular flexibility index (Phi) is 7.07. The summed E-state index contributed by atoms with van der Waals surface area (Å²) < 4.78 is 11.4. The molecule has 0 aliphatic rings. The number of ether oxygens (including phenoxy) is 2. The van der Waals surface area contributed by atoms with Crippen molar-refractivity contribution in [3.05, 3.63) is 59.2 Å². The standard InChI is InChI=1S/C22H29NO3/c1-6-25-19-10-8-18(9-11-19)14-23-22(24)17(5)26-21-13-16(4)7-12-20(21)15(2)3/h7-13,15,17H,6,14H2,1-5H3,(H,23,24). The molecule has 2 rings (SSSR count). The highest BCUT2D eigenvalue weighted by molar-refractivity contribution is 5.80. The lowest BCUT2D eigenvalue weighted by atomic mass is 10.0. The number of rotatable bonds is 8. The molecular weight excluding hydrogens is 326 g/mol. The first-order valence-corrected chi connectivity index (χ1v) is 9.17. The number of nitrogens with one attached hydrogen (secondary N) is 1. The highest BCUT2D eigenvalue weighted by atomic mass is 16.5. The summed E-state index contributed by atoms with van der Waals surface area (Å²) in [5.74, 6) is 1.82. The van der Waals surface area contributed by atoms with Crippen LogP contribution in [0.15, 0.2) is 42.5 Å². The van der Waals surface area contributed by atoms with Gasteiger partial charge in [-0.1, -0.05) is 38.1 Å². The van der Waals surface area contributed by atoms with Crippen molar-refractivity contribution in [2.45, 2.75) is 53.2 Å². The normalized spacial score (nSPS) is 11.9. The van der Waals surface area contributed by atoms with Crippen LogP contribution in [0.4, 0.5) is 0 Å². The van der Waals surface area contributed by atoms with Crippen LogP contribution in [0.2, 0.25) is 0 Å². The van der Waals surface area contributed by atoms with Crippen LogP contribution >= 0.6 is 0 Å². The molecule has 2 aromatic carbocycles. The Bertz CT molecular complexity index is 723. The van der Waals surface area contributed by atoms with Gasteiger partial charge >= 0.3 is 0 Å². The van der Waals surface area contributed by atoms with Crippen LogP contribution in [-0.2, 0) is 11.3 Å². The van der Waals surface area contributed by atoms with E-state index in [0.29, 0.717) is 19.1 Å². The summed E-state index contributed by atoms with van der Waals surface area (Å²) in [4.78, 5) is 12.4. The third-order valence-corrected chi connectivity index (χ3v) is 4.17. The van der Waals surface area contributed by atoms with E-state index in [4.69, 9.17) is 9.47 Å². The fraction of sp³-hybridized carbons (Fsp3) is 0.409. The van der Waals surface area contributed by atoms with Crippen molar-refractivity contribution >= 4 is 5.91 Å². The highest BCUT2D eigenvalue weighted by Gasteiger charge is 2.17. The van der Waals surface area contributed by atoms with Gasteiger partial charge in [-0.2, -0.15) is 0 Å². The Morgan fingerprint density at radius 3 is 2.38 bits per heavy atom. The molecular formula is C22H29NO3. The maximum Gasteiger partial charge on any atom is 0.261 e. The smallest absolute Gasteiger partial charge is 0.261 e. The number of hydrogen-bond acceptors (Lipinski definition) is 3. The number of hydrogen-bond donors (Lipinski definition) is 1. The maximum absolute atomic E-state index is 12.4. The molecule has 0 saturated heterocycles. The third-order valence-electron chi connectivity index (χ3n) is 4.17. The molecule has 26 heavy (non-hydrogen) atoms. The Morgan fingerprint density at radius 1 is 1.08 bits per heavy atom. The quantitative estimate of drug-likeness (QED) is 0.753. The lowest BCUT2D eigenvalue weighted by Gasteiger charge is -2.19. The van der Waals surface area contributed by atoms with E-state index in [0.717, 1.165) is 28.2 Å². The van der Waals surface area contributed by atoms with E-state index >= 15 is 0 Å². The summed E-state index contributed by atoms with van der Waals surface area (Å²) in [6.45, 7) is 11.1. The van der Waals surface area contributed by atoms with Crippen molar-refractivity contribution in [3.8, 4) is 11.5 Å². The van der Waals surface area contributed by atoms with Gasteiger partial charge in [0.25, 0.3) is 5.91 Å². The summed E-state index contributed by atoms with van der Waals surface area (Å²) >= 11 is 0. The van der Waals surface area contributed by atoms with Crippen molar-refractivity contribution in [1.29, 1.82) is 0 Å². The van der Waals surface area contributed by atoms with Crippen molar-refractivity contribution in [1.82, 2.24) is 5.32 Å². The number of benzene rings is 2. The van der Waals surface area contributed by atoms with Crippen LogP contribution in [0, 0.1) is 6.92 Å². The first kappa shape index (κ1) is 19.8. The van der Waals surface area contributed by atoms with Crippen LogP contribution in [0.3, 0.4) is 0 Å². The van der Waals surface area contributed by atoms with Crippen molar-refractivity contribution in [2.24, 2.45) is 0 Å². The molecule has 0 heterocycles. The summed E-state index contributed by atoms with van der Waals surface area (Å²) in [7, 11) is 0. The Balaban J connectivity index is 1.94. The Labute approximate surface area is 156 Å². The maximum atomic E-state index is 12.4. The summed E-state index contributed by atoms with van der Waals surface area (Å²) in [6, 6.07) is 13.9. The highest BCUT2D eigenvalue weighted by Crippen LogP contribution is 2.28. The predicted octanol–water partition coefficient (Wildman–Crippen LogP) is 4.60. The molecule has 140 valence electrons. The SMILES string of the molecule is CCOc1ccc(CNC(=O)C(C)Oc2cc(C)ccc2C(C)C)cc1. The molecule has 4 nitrogen and oxygen atoms in total. The van der Waals surface area contributed by atoms with E-state index in [-0.39, 0.29) is 5.91 Å². The largest absolute Gasteiger partial charge is 0.494 e. The molecule has 1 unspecified atom stereocenters. The molecule has 1 N–H and O–H groups in total. The molecule has 0 fully saturated rings. The minimum atomic E-state index is -0.558. The van der Waals surface area contributed by atoms with E-state index in [1.807, 2.05) is 44.2 Å². The lowest BCUT2D eigenvalue weighted by Crippen LogP contribution is -2.36. The molecule has 1 amide bonds. The van der Waals surface area contributed by atoms with Gasteiger partial charge in [-0.3, -0.25) is 4.79 Å². The molecule has 1 atom stereocenters. The zero-order valence-corrected chi connectivity index (χ0v) is 16.3. The minimum Gasteiger partial charge on any atom is -0.494 e. The van der Waals surface area contributed by atoms with E-state index < -0.39 is 6.10 Å². The van der Waals surface area contributed by atoms with Crippen LogP contribution in [-0.4, -0.2) is 18.6 Å². The molecule has 0 bridgehead atoms. The second kappa shape index (κ2) is 9.27. The van der Waals surface area contributed by atoms with E-state index in [1.54, 1.807) is 6.92 Å². The van der Waals surface area contributed by atoms with Gasteiger partial charge in [0.05, 0.1) is 6.61 Å². The van der Waals surface area contributed by atoms with Gasteiger partial charge in [-0.15, -0.1) is 0 Å². The van der Waals surface area contributed by atoms with Crippen molar-refractivity contribution in [2.75, 3.05) is 6.61 Å². The zero-order chi connectivity index (χ0) is 19.1. The molecule has 2 aromatic rings. The Hall–Kier alpha value is -2.49. The molecule has 0 aliphatic heterocycles. The number of amides is 1. The predicted molar refractivity (Wildman–Crippen MR) is 105 cm³/mol. The molecule has 0 spiro atoms. The molecule has 4 heteroatoms. The zero-order valence-electron chi connectivity index (χ0n) is 16.3. The van der Waals surface area contributed by atoms with Gasteiger partial charge < -0.3 is 14.8 Å². The monoisotopic (exact) mass is 355 g/mol. The second-order valence-electron chi connectivity index (χ2n) is 6.75. The van der Waals surface area contributed by atoms with Gasteiger partial charge in [0.2, 0.25) is 0 Å². The average Bonchev–Trinajstić information content (AvgIpc) is 2.61. The van der Waals surface area contributed by atoms with Crippen molar-refractivity contribution in [3.63, 3.8) is 0 Å². The number of carbonyl (C=O) groups excluding carboxylic acids is 1. The summed E-state index contributed by atoms with van der Waals surface area (Å²) in [5, 5.41) is 2.93. The van der Waals surface area contributed by atoms with Crippen molar-refractivity contribution < 1.29 is 14.3 Å².